The molecule has 0 atom stereocenters. The van der Waals surface area contributed by atoms with E-state index in [0.29, 0.717) is 6.54 Å². The van der Waals surface area contributed by atoms with E-state index in [-0.39, 0.29) is 6.42 Å². The third-order valence-corrected chi connectivity index (χ3v) is 4.39. The minimum absolute atomic E-state index is 0.0960. The summed E-state index contributed by atoms with van der Waals surface area (Å²) in [6, 6.07) is 9.99. The molecule has 0 aliphatic heterocycles. The first-order chi connectivity index (χ1) is 9.04. The fourth-order valence-electron chi connectivity index (χ4n) is 1.72. The first kappa shape index (κ1) is 14.1. The van der Waals surface area contributed by atoms with Crippen molar-refractivity contribution in [3.05, 3.63) is 50.1 Å². The standard InChI is InChI=1S/C14H14BrNO2S/c1-9-2-5-12(15)13(6-9)16-8-11-4-3-10(19-11)7-14(17)18/h2-6,16H,7-8H2,1H3,(H,17,18). The molecule has 1 aromatic carbocycles. The Morgan fingerprint density at radius 1 is 1.32 bits per heavy atom. The van der Waals surface area contributed by atoms with E-state index in [1.807, 2.05) is 31.2 Å². The van der Waals surface area contributed by atoms with E-state index in [1.54, 1.807) is 0 Å². The molecule has 2 N–H and O–H groups in total. The van der Waals surface area contributed by atoms with Gasteiger partial charge >= 0.3 is 5.97 Å². The summed E-state index contributed by atoms with van der Waals surface area (Å²) < 4.78 is 1.03. The Morgan fingerprint density at radius 3 is 2.79 bits per heavy atom. The van der Waals surface area contributed by atoms with Crippen molar-refractivity contribution < 1.29 is 9.90 Å². The lowest BCUT2D eigenvalue weighted by atomic mass is 10.2. The smallest absolute Gasteiger partial charge is 0.308 e. The number of hydrogen-bond acceptors (Lipinski definition) is 3. The normalized spacial score (nSPS) is 10.4. The van der Waals surface area contributed by atoms with Crippen LogP contribution in [0.25, 0.3) is 0 Å². The van der Waals surface area contributed by atoms with Crippen molar-refractivity contribution in [2.75, 3.05) is 5.32 Å². The maximum Gasteiger partial charge on any atom is 0.308 e. The molecule has 0 saturated heterocycles. The van der Waals surface area contributed by atoms with Gasteiger partial charge in [0.15, 0.2) is 0 Å². The molecule has 0 amide bonds. The van der Waals surface area contributed by atoms with Gasteiger partial charge in [-0.3, -0.25) is 4.79 Å². The third-order valence-electron chi connectivity index (χ3n) is 2.62. The molecule has 0 unspecified atom stereocenters. The molecule has 0 spiro atoms. The van der Waals surface area contributed by atoms with Gasteiger partial charge in [0.25, 0.3) is 0 Å². The highest BCUT2D eigenvalue weighted by Gasteiger charge is 2.05. The van der Waals surface area contributed by atoms with Crippen LogP contribution >= 0.6 is 27.3 Å². The van der Waals surface area contributed by atoms with Gasteiger partial charge in [0.05, 0.1) is 6.42 Å². The summed E-state index contributed by atoms with van der Waals surface area (Å²) in [5.74, 6) is -0.789. The molecule has 100 valence electrons. The second-order valence-corrected chi connectivity index (χ2v) is 6.38. The van der Waals surface area contributed by atoms with Gasteiger partial charge in [0, 0.05) is 26.5 Å². The van der Waals surface area contributed by atoms with Crippen molar-refractivity contribution in [3.8, 4) is 0 Å². The predicted molar refractivity (Wildman–Crippen MR) is 81.9 cm³/mol. The fourth-order valence-corrected chi connectivity index (χ4v) is 3.05. The number of rotatable bonds is 5. The van der Waals surface area contributed by atoms with E-state index in [0.717, 1.165) is 19.9 Å². The van der Waals surface area contributed by atoms with Crippen LogP contribution in [0.3, 0.4) is 0 Å². The number of carboxylic acid groups (broad SMARTS) is 1. The van der Waals surface area contributed by atoms with Crippen LogP contribution in [-0.2, 0) is 17.8 Å². The lowest BCUT2D eigenvalue weighted by molar-refractivity contribution is -0.136. The molecule has 3 nitrogen and oxygen atoms in total. The third kappa shape index (κ3) is 4.08. The molecule has 2 rings (SSSR count). The summed E-state index contributed by atoms with van der Waals surface area (Å²) in [6.07, 6.45) is 0.0960. The Balaban J connectivity index is 2.00. The van der Waals surface area contributed by atoms with Gasteiger partial charge in [-0.05, 0) is 52.7 Å². The van der Waals surface area contributed by atoms with E-state index in [2.05, 4.69) is 27.3 Å². The van der Waals surface area contributed by atoms with Gasteiger partial charge in [-0.2, -0.15) is 0 Å². The van der Waals surface area contributed by atoms with Crippen molar-refractivity contribution in [1.29, 1.82) is 0 Å². The molecule has 0 aliphatic rings. The summed E-state index contributed by atoms with van der Waals surface area (Å²) in [7, 11) is 0. The molecule has 2 aromatic rings. The highest BCUT2D eigenvalue weighted by atomic mass is 79.9. The van der Waals surface area contributed by atoms with Gasteiger partial charge in [-0.15, -0.1) is 11.3 Å². The van der Waals surface area contributed by atoms with Crippen molar-refractivity contribution in [2.24, 2.45) is 0 Å². The van der Waals surface area contributed by atoms with E-state index >= 15 is 0 Å². The average Bonchev–Trinajstić information content (AvgIpc) is 2.77. The van der Waals surface area contributed by atoms with Gasteiger partial charge in [-0.25, -0.2) is 0 Å². The Bertz CT molecular complexity index is 595. The topological polar surface area (TPSA) is 49.3 Å². The van der Waals surface area contributed by atoms with Gasteiger partial charge < -0.3 is 10.4 Å². The minimum atomic E-state index is -0.789. The van der Waals surface area contributed by atoms with Crippen molar-refractivity contribution in [3.63, 3.8) is 0 Å². The van der Waals surface area contributed by atoms with Crippen LogP contribution in [0.5, 0.6) is 0 Å². The van der Waals surface area contributed by atoms with Gasteiger partial charge in [0.1, 0.15) is 0 Å². The maximum absolute atomic E-state index is 10.6. The summed E-state index contributed by atoms with van der Waals surface area (Å²) in [5, 5.41) is 12.1. The molecule has 0 radical (unpaired) electrons. The fraction of sp³-hybridized carbons (Fsp3) is 0.214. The van der Waals surface area contributed by atoms with Crippen molar-refractivity contribution >= 4 is 38.9 Å². The number of nitrogens with one attached hydrogen (secondary N) is 1. The molecular weight excluding hydrogens is 326 g/mol. The maximum atomic E-state index is 10.6. The summed E-state index contributed by atoms with van der Waals surface area (Å²) >= 11 is 5.04. The second-order valence-electron chi connectivity index (χ2n) is 4.28. The number of aryl methyl sites for hydroxylation is 1. The molecule has 1 aromatic heterocycles. The number of anilines is 1. The monoisotopic (exact) mass is 339 g/mol. The van der Waals surface area contributed by atoms with Crippen LogP contribution in [-0.4, -0.2) is 11.1 Å². The van der Waals surface area contributed by atoms with Crippen LogP contribution in [0.15, 0.2) is 34.8 Å². The zero-order chi connectivity index (χ0) is 13.8. The number of aliphatic carboxylic acids is 1. The lowest BCUT2D eigenvalue weighted by Crippen LogP contribution is -1.99. The number of hydrogen-bond donors (Lipinski definition) is 2. The zero-order valence-electron chi connectivity index (χ0n) is 10.4. The molecule has 0 aliphatic carbocycles. The van der Waals surface area contributed by atoms with E-state index < -0.39 is 5.97 Å². The molecule has 0 saturated carbocycles. The second kappa shape index (κ2) is 6.21. The number of carboxylic acids is 1. The molecule has 0 bridgehead atoms. The highest BCUT2D eigenvalue weighted by molar-refractivity contribution is 9.10. The van der Waals surface area contributed by atoms with Crippen LogP contribution in [0.4, 0.5) is 5.69 Å². The highest BCUT2D eigenvalue weighted by Crippen LogP contribution is 2.25. The molecule has 0 fully saturated rings. The number of carbonyl (C=O) groups is 1. The quantitative estimate of drug-likeness (QED) is 0.863. The Labute approximate surface area is 124 Å². The van der Waals surface area contributed by atoms with Gasteiger partial charge in [0.2, 0.25) is 0 Å². The SMILES string of the molecule is Cc1ccc(Br)c(NCc2ccc(CC(=O)O)s2)c1. The van der Waals surface area contributed by atoms with Crippen molar-refractivity contribution in [1.82, 2.24) is 0 Å². The zero-order valence-corrected chi connectivity index (χ0v) is 12.8. The number of thiophene rings is 1. The molecule has 1 heterocycles. The number of benzene rings is 1. The van der Waals surface area contributed by atoms with Crippen LogP contribution in [0.1, 0.15) is 15.3 Å². The Hall–Kier alpha value is -1.33. The van der Waals surface area contributed by atoms with E-state index in [1.165, 1.54) is 16.9 Å². The Kier molecular flexibility index (Phi) is 4.61. The lowest BCUT2D eigenvalue weighted by Gasteiger charge is -2.08. The molecule has 5 heteroatoms. The minimum Gasteiger partial charge on any atom is -0.481 e. The van der Waals surface area contributed by atoms with Crippen LogP contribution in [0.2, 0.25) is 0 Å². The van der Waals surface area contributed by atoms with E-state index in [9.17, 15) is 4.79 Å². The summed E-state index contributed by atoms with van der Waals surface area (Å²) in [5.41, 5.74) is 2.25. The molecule has 19 heavy (non-hydrogen) atoms. The first-order valence-corrected chi connectivity index (χ1v) is 7.45. The summed E-state index contributed by atoms with van der Waals surface area (Å²) in [4.78, 5) is 12.6. The largest absolute Gasteiger partial charge is 0.481 e. The van der Waals surface area contributed by atoms with Crippen LogP contribution < -0.4 is 5.32 Å². The van der Waals surface area contributed by atoms with Crippen molar-refractivity contribution in [2.45, 2.75) is 19.9 Å². The predicted octanol–water partition coefficient (Wildman–Crippen LogP) is 4.06. The number of halogens is 1. The Morgan fingerprint density at radius 2 is 2.05 bits per heavy atom. The first-order valence-electron chi connectivity index (χ1n) is 5.84. The van der Waals surface area contributed by atoms with Crippen LogP contribution in [0, 0.1) is 6.92 Å². The molecular formula is C14H14BrNO2S. The summed E-state index contributed by atoms with van der Waals surface area (Å²) in [6.45, 7) is 2.75. The average molecular weight is 340 g/mol. The van der Waals surface area contributed by atoms with Gasteiger partial charge in [-0.1, -0.05) is 6.07 Å². The van der Waals surface area contributed by atoms with E-state index in [4.69, 9.17) is 5.11 Å².